The van der Waals surface area contributed by atoms with E-state index in [1.54, 1.807) is 5.57 Å². The zero-order valence-corrected chi connectivity index (χ0v) is 15.3. The first-order chi connectivity index (χ1) is 11.8. The molecule has 2 amide bonds. The summed E-state index contributed by atoms with van der Waals surface area (Å²) < 4.78 is 0. The van der Waals surface area contributed by atoms with Crippen LogP contribution in [0.2, 0.25) is 0 Å². The van der Waals surface area contributed by atoms with Gasteiger partial charge < -0.3 is 10.2 Å². The Bertz CT molecular complexity index is 419. The standard InChI is InChI=1S/C20H35N3O/c24-20(21-13-12-18-8-4-3-5-9-18)23-16-14-22(15-17-23)19-10-6-1-2-7-11-19/h8,19H,1-7,9-17H2,(H,21,24). The molecule has 2 fully saturated rings. The van der Waals surface area contributed by atoms with E-state index in [9.17, 15) is 4.79 Å². The summed E-state index contributed by atoms with van der Waals surface area (Å²) in [6.07, 6.45) is 16.9. The molecule has 0 aromatic rings. The summed E-state index contributed by atoms with van der Waals surface area (Å²) in [5, 5.41) is 3.13. The van der Waals surface area contributed by atoms with Crippen molar-refractivity contribution in [3.8, 4) is 0 Å². The Kier molecular flexibility index (Phi) is 7.00. The molecule has 136 valence electrons. The Morgan fingerprint density at radius 2 is 1.75 bits per heavy atom. The lowest BCUT2D eigenvalue weighted by Crippen LogP contribution is -2.54. The average molecular weight is 334 g/mol. The van der Waals surface area contributed by atoms with Gasteiger partial charge in [-0.2, -0.15) is 0 Å². The number of hydrogen-bond donors (Lipinski definition) is 1. The molecule has 0 radical (unpaired) electrons. The van der Waals surface area contributed by atoms with Crippen LogP contribution in [0.5, 0.6) is 0 Å². The highest BCUT2D eigenvalue weighted by Gasteiger charge is 2.26. The first kappa shape index (κ1) is 17.8. The number of piperazine rings is 1. The second-order valence-electron chi connectivity index (χ2n) is 7.76. The molecule has 24 heavy (non-hydrogen) atoms. The fourth-order valence-corrected chi connectivity index (χ4v) is 4.49. The number of nitrogens with one attached hydrogen (secondary N) is 1. The van der Waals surface area contributed by atoms with Gasteiger partial charge in [-0.05, 0) is 44.9 Å². The first-order valence-electron chi connectivity index (χ1n) is 10.3. The molecule has 0 unspecified atom stereocenters. The minimum Gasteiger partial charge on any atom is -0.338 e. The zero-order chi connectivity index (χ0) is 16.6. The normalized spacial score (nSPS) is 24.3. The van der Waals surface area contributed by atoms with Gasteiger partial charge in [-0.1, -0.05) is 37.3 Å². The maximum absolute atomic E-state index is 12.4. The Labute approximate surface area is 147 Å². The summed E-state index contributed by atoms with van der Waals surface area (Å²) in [5.41, 5.74) is 1.54. The molecule has 0 aromatic carbocycles. The van der Waals surface area contributed by atoms with E-state index in [1.165, 1.54) is 64.2 Å². The molecule has 3 rings (SSSR count). The molecule has 4 nitrogen and oxygen atoms in total. The molecule has 0 spiro atoms. The van der Waals surface area contributed by atoms with E-state index in [-0.39, 0.29) is 6.03 Å². The Hall–Kier alpha value is -1.03. The molecule has 4 heteroatoms. The molecular formula is C20H35N3O. The highest BCUT2D eigenvalue weighted by Crippen LogP contribution is 2.23. The topological polar surface area (TPSA) is 35.6 Å². The number of carbonyl (C=O) groups excluding carboxylic acids is 1. The maximum Gasteiger partial charge on any atom is 0.317 e. The summed E-state index contributed by atoms with van der Waals surface area (Å²) in [6.45, 7) is 4.70. The highest BCUT2D eigenvalue weighted by atomic mass is 16.2. The van der Waals surface area contributed by atoms with Crippen molar-refractivity contribution in [2.45, 2.75) is 76.7 Å². The molecule has 1 saturated heterocycles. The SMILES string of the molecule is O=C(NCCC1=CCCCC1)N1CCN(C2CCCCCC2)CC1. The number of urea groups is 1. The van der Waals surface area contributed by atoms with Crippen LogP contribution in [0.4, 0.5) is 4.79 Å². The van der Waals surface area contributed by atoms with Crippen molar-refractivity contribution in [1.82, 2.24) is 15.1 Å². The van der Waals surface area contributed by atoms with Gasteiger partial charge in [0.1, 0.15) is 0 Å². The summed E-state index contributed by atoms with van der Waals surface area (Å²) >= 11 is 0. The number of carbonyl (C=O) groups is 1. The van der Waals surface area contributed by atoms with Crippen LogP contribution in [0, 0.1) is 0 Å². The number of hydrogen-bond acceptors (Lipinski definition) is 2. The fourth-order valence-electron chi connectivity index (χ4n) is 4.49. The number of amides is 2. The van der Waals surface area contributed by atoms with Crippen molar-refractivity contribution in [3.05, 3.63) is 11.6 Å². The van der Waals surface area contributed by atoms with Crippen LogP contribution in [-0.2, 0) is 0 Å². The molecule has 0 aromatic heterocycles. The maximum atomic E-state index is 12.4. The molecule has 1 saturated carbocycles. The predicted molar refractivity (Wildman–Crippen MR) is 99.2 cm³/mol. The lowest BCUT2D eigenvalue weighted by atomic mass is 9.97. The highest BCUT2D eigenvalue weighted by molar-refractivity contribution is 5.74. The second kappa shape index (κ2) is 9.45. The van der Waals surface area contributed by atoms with Gasteiger partial charge in [0.15, 0.2) is 0 Å². The first-order valence-corrected chi connectivity index (χ1v) is 10.3. The molecule has 3 aliphatic rings. The van der Waals surface area contributed by atoms with E-state index < -0.39 is 0 Å². The molecule has 0 bridgehead atoms. The molecule has 1 heterocycles. The van der Waals surface area contributed by atoms with Crippen LogP contribution in [0.15, 0.2) is 11.6 Å². The van der Waals surface area contributed by atoms with Gasteiger partial charge >= 0.3 is 6.03 Å². The van der Waals surface area contributed by atoms with Crippen LogP contribution in [-0.4, -0.2) is 54.6 Å². The van der Waals surface area contributed by atoms with E-state index in [0.717, 1.165) is 45.2 Å². The lowest BCUT2D eigenvalue weighted by molar-refractivity contribution is 0.101. The van der Waals surface area contributed by atoms with Crippen molar-refractivity contribution in [2.75, 3.05) is 32.7 Å². The molecular weight excluding hydrogens is 298 g/mol. The monoisotopic (exact) mass is 333 g/mol. The third-order valence-corrected chi connectivity index (χ3v) is 6.05. The lowest BCUT2D eigenvalue weighted by Gasteiger charge is -2.39. The van der Waals surface area contributed by atoms with Crippen molar-refractivity contribution in [2.24, 2.45) is 0 Å². The third-order valence-electron chi connectivity index (χ3n) is 6.05. The van der Waals surface area contributed by atoms with Crippen LogP contribution in [0.1, 0.15) is 70.6 Å². The van der Waals surface area contributed by atoms with Crippen LogP contribution < -0.4 is 5.32 Å². The van der Waals surface area contributed by atoms with Gasteiger partial charge in [0.05, 0.1) is 0 Å². The van der Waals surface area contributed by atoms with Crippen LogP contribution in [0.25, 0.3) is 0 Å². The van der Waals surface area contributed by atoms with E-state index in [4.69, 9.17) is 0 Å². The average Bonchev–Trinajstić information content (AvgIpc) is 2.92. The van der Waals surface area contributed by atoms with Crippen LogP contribution in [0.3, 0.4) is 0 Å². The van der Waals surface area contributed by atoms with Gasteiger partial charge in [-0.3, -0.25) is 4.90 Å². The predicted octanol–water partition coefficient (Wildman–Crippen LogP) is 3.93. The summed E-state index contributed by atoms with van der Waals surface area (Å²) in [4.78, 5) is 17.0. The number of rotatable bonds is 4. The molecule has 1 aliphatic heterocycles. The smallest absolute Gasteiger partial charge is 0.317 e. The van der Waals surface area contributed by atoms with Crippen molar-refractivity contribution in [3.63, 3.8) is 0 Å². The molecule has 1 N–H and O–H groups in total. The Balaban J connectivity index is 1.34. The molecule has 0 atom stereocenters. The van der Waals surface area contributed by atoms with E-state index >= 15 is 0 Å². The van der Waals surface area contributed by atoms with E-state index in [0.29, 0.717) is 0 Å². The summed E-state index contributed by atoms with van der Waals surface area (Å²) in [5.74, 6) is 0. The quantitative estimate of drug-likeness (QED) is 0.625. The minimum atomic E-state index is 0.145. The van der Waals surface area contributed by atoms with E-state index in [1.807, 2.05) is 4.90 Å². The van der Waals surface area contributed by atoms with Crippen molar-refractivity contribution < 1.29 is 4.79 Å². The summed E-state index contributed by atoms with van der Waals surface area (Å²) in [7, 11) is 0. The largest absolute Gasteiger partial charge is 0.338 e. The fraction of sp³-hybridized carbons (Fsp3) is 0.850. The van der Waals surface area contributed by atoms with Gasteiger partial charge in [0.2, 0.25) is 0 Å². The second-order valence-corrected chi connectivity index (χ2v) is 7.76. The van der Waals surface area contributed by atoms with Gasteiger partial charge in [-0.25, -0.2) is 4.79 Å². The van der Waals surface area contributed by atoms with Crippen molar-refractivity contribution >= 4 is 6.03 Å². The number of allylic oxidation sites excluding steroid dienone is 1. The Morgan fingerprint density at radius 1 is 1.00 bits per heavy atom. The number of nitrogens with zero attached hydrogens (tertiary/aromatic N) is 2. The van der Waals surface area contributed by atoms with Gasteiger partial charge in [-0.15, -0.1) is 0 Å². The van der Waals surface area contributed by atoms with Gasteiger partial charge in [0, 0.05) is 38.8 Å². The van der Waals surface area contributed by atoms with Crippen molar-refractivity contribution in [1.29, 1.82) is 0 Å². The summed E-state index contributed by atoms with van der Waals surface area (Å²) in [6, 6.07) is 0.919. The molecule has 2 aliphatic carbocycles. The third kappa shape index (κ3) is 5.23. The van der Waals surface area contributed by atoms with E-state index in [2.05, 4.69) is 16.3 Å². The minimum absolute atomic E-state index is 0.145. The van der Waals surface area contributed by atoms with Gasteiger partial charge in [0.25, 0.3) is 0 Å². The Morgan fingerprint density at radius 3 is 2.42 bits per heavy atom. The zero-order valence-electron chi connectivity index (χ0n) is 15.3. The van der Waals surface area contributed by atoms with Crippen LogP contribution >= 0.6 is 0 Å².